The Labute approximate surface area is 152 Å². The van der Waals surface area contributed by atoms with E-state index in [1.54, 1.807) is 12.5 Å². The van der Waals surface area contributed by atoms with Gasteiger partial charge in [-0.25, -0.2) is 9.78 Å². The molecule has 1 atom stereocenters. The number of anilines is 1. The van der Waals surface area contributed by atoms with Crippen LogP contribution >= 0.6 is 0 Å². The lowest BCUT2D eigenvalue weighted by Gasteiger charge is -2.19. The largest absolute Gasteiger partial charge is 0.345 e. The number of nitrogens with zero attached hydrogens (tertiary/aromatic N) is 2. The monoisotopic (exact) mass is 349 g/mol. The van der Waals surface area contributed by atoms with Crippen molar-refractivity contribution in [2.75, 3.05) is 5.32 Å². The zero-order valence-electron chi connectivity index (χ0n) is 15.3. The first-order valence-corrected chi connectivity index (χ1v) is 8.96. The van der Waals surface area contributed by atoms with Gasteiger partial charge < -0.3 is 15.6 Å². The molecule has 0 aliphatic heterocycles. The van der Waals surface area contributed by atoms with E-state index in [0.717, 1.165) is 51.9 Å². The summed E-state index contributed by atoms with van der Waals surface area (Å²) < 4.78 is 0. The molecule has 0 unspecified atom stereocenters. The number of rotatable bonds is 4. The first-order chi connectivity index (χ1) is 12.5. The highest BCUT2D eigenvalue weighted by atomic mass is 16.2. The first-order valence-electron chi connectivity index (χ1n) is 8.96. The van der Waals surface area contributed by atoms with E-state index in [0.29, 0.717) is 5.92 Å². The topological polar surface area (TPSA) is 82.7 Å². The normalized spacial score (nSPS) is 15.0. The lowest BCUT2D eigenvalue weighted by Crippen LogP contribution is -2.34. The minimum absolute atomic E-state index is 0.0489. The third-order valence-corrected chi connectivity index (χ3v) is 5.16. The Kier molecular flexibility index (Phi) is 4.11. The van der Waals surface area contributed by atoms with Gasteiger partial charge in [0.25, 0.3) is 0 Å². The fourth-order valence-corrected chi connectivity index (χ4v) is 3.37. The molecule has 6 nitrogen and oxygen atoms in total. The molecule has 0 bridgehead atoms. The van der Waals surface area contributed by atoms with E-state index < -0.39 is 0 Å². The molecule has 3 aromatic rings. The van der Waals surface area contributed by atoms with Gasteiger partial charge in [0.2, 0.25) is 0 Å². The highest BCUT2D eigenvalue weighted by molar-refractivity contribution is 5.94. The van der Waals surface area contributed by atoms with Crippen molar-refractivity contribution in [3.63, 3.8) is 0 Å². The number of fused-ring (bicyclic) bond motifs is 1. The molecule has 3 N–H and O–H groups in total. The molecule has 2 aromatic heterocycles. The van der Waals surface area contributed by atoms with Crippen LogP contribution in [0.4, 0.5) is 10.5 Å². The summed E-state index contributed by atoms with van der Waals surface area (Å²) >= 11 is 0. The number of imidazole rings is 1. The number of urea groups is 1. The van der Waals surface area contributed by atoms with Crippen molar-refractivity contribution in [3.05, 3.63) is 53.1 Å². The zero-order chi connectivity index (χ0) is 18.3. The molecule has 134 valence electrons. The number of aromatic amines is 1. The third kappa shape index (κ3) is 3.14. The molecule has 1 fully saturated rings. The lowest BCUT2D eigenvalue weighted by atomic mass is 10.1. The van der Waals surface area contributed by atoms with Crippen LogP contribution in [-0.2, 0) is 0 Å². The van der Waals surface area contributed by atoms with Crippen molar-refractivity contribution in [1.29, 1.82) is 0 Å². The highest BCUT2D eigenvalue weighted by Crippen LogP contribution is 2.40. The number of aryl methyl sites for hydroxylation is 2. The van der Waals surface area contributed by atoms with E-state index in [9.17, 15) is 4.79 Å². The van der Waals surface area contributed by atoms with Crippen molar-refractivity contribution < 1.29 is 4.79 Å². The Hall–Kier alpha value is -2.89. The van der Waals surface area contributed by atoms with Gasteiger partial charge in [-0.1, -0.05) is 0 Å². The number of H-pyrrole nitrogens is 1. The number of pyridine rings is 1. The van der Waals surface area contributed by atoms with Crippen LogP contribution in [-0.4, -0.2) is 21.0 Å². The van der Waals surface area contributed by atoms with E-state index >= 15 is 0 Å². The van der Waals surface area contributed by atoms with E-state index in [-0.39, 0.29) is 12.1 Å². The quantitative estimate of drug-likeness (QED) is 0.661. The second-order valence-electron chi connectivity index (χ2n) is 7.14. The minimum atomic E-state index is -0.202. The number of hydrogen-bond donors (Lipinski definition) is 3. The average Bonchev–Trinajstić information content (AvgIpc) is 3.35. The molecule has 0 saturated heterocycles. The van der Waals surface area contributed by atoms with Gasteiger partial charge in [0.05, 0.1) is 29.1 Å². The number of benzene rings is 1. The molecule has 2 amide bonds. The van der Waals surface area contributed by atoms with Gasteiger partial charge >= 0.3 is 6.03 Å². The smallest absolute Gasteiger partial charge is 0.319 e. The molecule has 0 radical (unpaired) electrons. The van der Waals surface area contributed by atoms with Crippen LogP contribution in [0.25, 0.3) is 11.0 Å². The van der Waals surface area contributed by atoms with Gasteiger partial charge in [-0.3, -0.25) is 4.98 Å². The summed E-state index contributed by atoms with van der Waals surface area (Å²) in [6.45, 7) is 6.06. The molecule has 1 aliphatic rings. The van der Waals surface area contributed by atoms with E-state index in [4.69, 9.17) is 0 Å². The molecule has 2 heterocycles. The van der Waals surface area contributed by atoms with Gasteiger partial charge in [-0.05, 0) is 74.4 Å². The van der Waals surface area contributed by atoms with Gasteiger partial charge in [-0.15, -0.1) is 0 Å². The zero-order valence-corrected chi connectivity index (χ0v) is 15.3. The fourth-order valence-electron chi connectivity index (χ4n) is 3.37. The van der Waals surface area contributed by atoms with Crippen LogP contribution in [0, 0.1) is 26.7 Å². The minimum Gasteiger partial charge on any atom is -0.345 e. The molecule has 1 saturated carbocycles. The third-order valence-electron chi connectivity index (χ3n) is 5.16. The number of carbonyl (C=O) groups excluding carboxylic acids is 1. The van der Waals surface area contributed by atoms with Crippen molar-refractivity contribution in [2.24, 2.45) is 5.92 Å². The molecular formula is C20H23N5O. The fraction of sp³-hybridized carbons (Fsp3) is 0.350. The summed E-state index contributed by atoms with van der Waals surface area (Å²) in [4.78, 5) is 24.6. The SMILES string of the molecule is Cc1ccnc([C@H](NC(=O)Nc2cc3[nH]cnc3c(C)c2C)C2CC2)c1. The first kappa shape index (κ1) is 16.6. The molecule has 1 aromatic carbocycles. The van der Waals surface area contributed by atoms with Gasteiger partial charge in [0, 0.05) is 11.9 Å². The number of hydrogen-bond acceptors (Lipinski definition) is 3. The molecule has 6 heteroatoms. The predicted molar refractivity (Wildman–Crippen MR) is 102 cm³/mol. The van der Waals surface area contributed by atoms with Crippen molar-refractivity contribution in [3.8, 4) is 0 Å². The maximum atomic E-state index is 12.7. The van der Waals surface area contributed by atoms with E-state index in [1.807, 2.05) is 32.9 Å². The maximum Gasteiger partial charge on any atom is 0.319 e. The summed E-state index contributed by atoms with van der Waals surface area (Å²) in [5.41, 5.74) is 6.83. The average molecular weight is 349 g/mol. The summed E-state index contributed by atoms with van der Waals surface area (Å²) in [6.07, 6.45) is 5.73. The molecular weight excluding hydrogens is 326 g/mol. The van der Waals surface area contributed by atoms with Gasteiger partial charge in [0.15, 0.2) is 0 Å². The van der Waals surface area contributed by atoms with Crippen molar-refractivity contribution in [1.82, 2.24) is 20.3 Å². The van der Waals surface area contributed by atoms with Gasteiger partial charge in [0.1, 0.15) is 0 Å². The molecule has 4 rings (SSSR count). The second kappa shape index (κ2) is 6.44. The Morgan fingerprint density at radius 2 is 2.00 bits per heavy atom. The van der Waals surface area contributed by atoms with E-state index in [2.05, 4.69) is 31.7 Å². The maximum absolute atomic E-state index is 12.7. The Balaban J connectivity index is 1.55. The second-order valence-corrected chi connectivity index (χ2v) is 7.14. The van der Waals surface area contributed by atoms with Crippen molar-refractivity contribution in [2.45, 2.75) is 39.7 Å². The van der Waals surface area contributed by atoms with Crippen molar-refractivity contribution >= 4 is 22.8 Å². The van der Waals surface area contributed by atoms with E-state index in [1.165, 1.54) is 0 Å². The Bertz CT molecular complexity index is 973. The van der Waals surface area contributed by atoms with Crippen LogP contribution in [0.5, 0.6) is 0 Å². The standard InChI is InChI=1S/C20H23N5O/c1-11-6-7-21-16(8-11)19(14-4-5-14)25-20(26)24-15-9-17-18(23-10-22-17)13(3)12(15)2/h6-10,14,19H,4-5H2,1-3H3,(H,22,23)(H2,24,25,26)/t19-/m1/s1. The van der Waals surface area contributed by atoms with Crippen LogP contribution in [0.1, 0.15) is 41.3 Å². The highest BCUT2D eigenvalue weighted by Gasteiger charge is 2.34. The summed E-state index contributed by atoms with van der Waals surface area (Å²) in [5.74, 6) is 0.466. The lowest BCUT2D eigenvalue weighted by molar-refractivity contribution is 0.246. The predicted octanol–water partition coefficient (Wildman–Crippen LogP) is 4.16. The number of aromatic nitrogens is 3. The number of nitrogens with one attached hydrogen (secondary N) is 3. The van der Waals surface area contributed by atoms with Crippen LogP contribution < -0.4 is 10.6 Å². The summed E-state index contributed by atoms with van der Waals surface area (Å²) in [7, 11) is 0. The molecule has 26 heavy (non-hydrogen) atoms. The molecule has 0 spiro atoms. The summed E-state index contributed by atoms with van der Waals surface area (Å²) in [5, 5.41) is 6.13. The summed E-state index contributed by atoms with van der Waals surface area (Å²) in [6, 6.07) is 5.70. The van der Waals surface area contributed by atoms with Crippen LogP contribution in [0.3, 0.4) is 0 Å². The molecule has 1 aliphatic carbocycles. The van der Waals surface area contributed by atoms with Crippen LogP contribution in [0.15, 0.2) is 30.7 Å². The Morgan fingerprint density at radius 3 is 2.73 bits per heavy atom. The number of carbonyl (C=O) groups is 1. The number of amides is 2. The van der Waals surface area contributed by atoms with Gasteiger partial charge in [-0.2, -0.15) is 0 Å². The van der Waals surface area contributed by atoms with Crippen LogP contribution in [0.2, 0.25) is 0 Å². The Morgan fingerprint density at radius 1 is 1.19 bits per heavy atom.